The van der Waals surface area contributed by atoms with Crippen LogP contribution in [-0.2, 0) is 6.42 Å². The van der Waals surface area contributed by atoms with Gasteiger partial charge >= 0.3 is 0 Å². The highest BCUT2D eigenvalue weighted by atomic mass is 35.5. The highest BCUT2D eigenvalue weighted by Gasteiger charge is 2.06. The summed E-state index contributed by atoms with van der Waals surface area (Å²) in [7, 11) is 0. The zero-order valence-electron chi connectivity index (χ0n) is 8.13. The highest BCUT2D eigenvalue weighted by molar-refractivity contribution is 6.36. The Morgan fingerprint density at radius 2 is 2.00 bits per heavy atom. The summed E-state index contributed by atoms with van der Waals surface area (Å²) in [5.41, 5.74) is 7.11. The Bertz CT molecular complexity index is 366. The molecule has 1 aromatic rings. The topological polar surface area (TPSA) is 38.0 Å². The van der Waals surface area contributed by atoms with Crippen LogP contribution in [0.3, 0.4) is 0 Å². The predicted molar refractivity (Wildman–Crippen MR) is 65.8 cm³/mol. The molecule has 0 aliphatic rings. The maximum atomic E-state index is 6.02. The maximum absolute atomic E-state index is 6.02. The van der Waals surface area contributed by atoms with Crippen LogP contribution in [0.4, 0.5) is 0 Å². The predicted octanol–water partition coefficient (Wildman–Crippen LogP) is 3.07. The Morgan fingerprint density at radius 1 is 1.40 bits per heavy atom. The van der Waals surface area contributed by atoms with Crippen LogP contribution >= 0.6 is 23.2 Å². The van der Waals surface area contributed by atoms with Crippen LogP contribution in [0.1, 0.15) is 5.56 Å². The fourth-order valence-electron chi connectivity index (χ4n) is 1.18. The number of hydrogen-bond acceptors (Lipinski definition) is 2. The van der Waals surface area contributed by atoms with Gasteiger partial charge in [-0.15, -0.1) is 0 Å². The third-order valence-corrected chi connectivity index (χ3v) is 2.63. The van der Waals surface area contributed by atoms with E-state index in [9.17, 15) is 0 Å². The molecule has 0 saturated heterocycles. The monoisotopic (exact) mass is 242 g/mol. The summed E-state index contributed by atoms with van der Waals surface area (Å²) in [4.78, 5) is 0. The van der Waals surface area contributed by atoms with Crippen molar-refractivity contribution in [1.29, 1.82) is 0 Å². The average Bonchev–Trinajstić information content (AvgIpc) is 2.22. The van der Waals surface area contributed by atoms with E-state index in [4.69, 9.17) is 28.9 Å². The number of benzene rings is 1. The van der Waals surface area contributed by atoms with Gasteiger partial charge in [-0.05, 0) is 23.9 Å². The largest absolute Gasteiger partial charge is 0.403 e. The van der Waals surface area contributed by atoms with Crippen molar-refractivity contribution in [2.24, 2.45) is 5.73 Å². The van der Waals surface area contributed by atoms with Crippen LogP contribution < -0.4 is 11.1 Å². The number of hydrogen-bond donors (Lipinski definition) is 2. The molecule has 3 N–H and O–H groups in total. The van der Waals surface area contributed by atoms with Crippen molar-refractivity contribution in [3.8, 4) is 0 Å². The molecule has 2 nitrogen and oxygen atoms in total. The molecule has 0 spiro atoms. The van der Waals surface area contributed by atoms with Crippen molar-refractivity contribution in [1.82, 2.24) is 5.32 Å². The molecular weight excluding hydrogens is 231 g/mol. The van der Waals surface area contributed by atoms with Gasteiger partial charge in [0.2, 0.25) is 0 Å². The van der Waals surface area contributed by atoms with Crippen molar-refractivity contribution >= 4 is 23.2 Å². The summed E-state index contributed by atoms with van der Waals surface area (Å²) in [5, 5.41) is 4.18. The van der Waals surface area contributed by atoms with Gasteiger partial charge < -0.3 is 11.1 Å². The van der Waals surface area contributed by atoms with Crippen LogP contribution in [0.25, 0.3) is 0 Å². The molecule has 0 bridgehead atoms. The van der Waals surface area contributed by atoms with Gasteiger partial charge in [-0.25, -0.2) is 0 Å². The SMILES string of the molecule is C=CN/C(=C\N)Cc1c(Cl)cccc1Cl. The van der Waals surface area contributed by atoms with Crippen LogP contribution in [0.5, 0.6) is 0 Å². The van der Waals surface area contributed by atoms with E-state index >= 15 is 0 Å². The Hall–Kier alpha value is -1.12. The third-order valence-electron chi connectivity index (χ3n) is 1.92. The molecule has 4 heteroatoms. The van der Waals surface area contributed by atoms with Gasteiger partial charge in [0.25, 0.3) is 0 Å². The molecule has 0 aliphatic heterocycles. The van der Waals surface area contributed by atoms with E-state index in [-0.39, 0.29) is 0 Å². The second-order valence-corrected chi connectivity index (χ2v) is 3.73. The summed E-state index contributed by atoms with van der Waals surface area (Å²) >= 11 is 12.0. The summed E-state index contributed by atoms with van der Waals surface area (Å²) < 4.78 is 0. The van der Waals surface area contributed by atoms with E-state index in [2.05, 4.69) is 11.9 Å². The van der Waals surface area contributed by atoms with Gasteiger partial charge in [-0.2, -0.15) is 0 Å². The van der Waals surface area contributed by atoms with E-state index in [0.717, 1.165) is 11.3 Å². The van der Waals surface area contributed by atoms with E-state index < -0.39 is 0 Å². The Morgan fingerprint density at radius 3 is 2.47 bits per heavy atom. The molecule has 0 unspecified atom stereocenters. The number of rotatable bonds is 4. The van der Waals surface area contributed by atoms with Gasteiger partial charge in [0.15, 0.2) is 0 Å². The number of allylic oxidation sites excluding steroid dienone is 1. The minimum absolute atomic E-state index is 0.557. The first kappa shape index (κ1) is 12.0. The number of nitrogens with one attached hydrogen (secondary N) is 1. The first-order valence-electron chi connectivity index (χ1n) is 4.40. The van der Waals surface area contributed by atoms with Crippen LogP contribution in [0, 0.1) is 0 Å². The van der Waals surface area contributed by atoms with E-state index in [1.54, 1.807) is 24.4 Å². The van der Waals surface area contributed by atoms with Crippen molar-refractivity contribution in [2.75, 3.05) is 0 Å². The van der Waals surface area contributed by atoms with Gasteiger partial charge in [0.1, 0.15) is 0 Å². The van der Waals surface area contributed by atoms with Crippen LogP contribution in [0.15, 0.2) is 42.9 Å². The maximum Gasteiger partial charge on any atom is 0.0456 e. The molecule has 0 aliphatic carbocycles. The minimum atomic E-state index is 0.557. The molecule has 80 valence electrons. The second-order valence-electron chi connectivity index (χ2n) is 2.92. The molecule has 0 aromatic heterocycles. The smallest absolute Gasteiger partial charge is 0.0456 e. The summed E-state index contributed by atoms with van der Waals surface area (Å²) in [6.45, 7) is 3.56. The molecule has 0 fully saturated rings. The standard InChI is InChI=1S/C11H12Cl2N2/c1-2-15-8(7-14)6-9-10(12)4-3-5-11(9)13/h2-5,7,15H,1,6,14H2/b8-7-. The third kappa shape index (κ3) is 3.18. The van der Waals surface area contributed by atoms with E-state index in [0.29, 0.717) is 16.5 Å². The lowest BCUT2D eigenvalue weighted by Gasteiger charge is -2.09. The van der Waals surface area contributed by atoms with Crippen molar-refractivity contribution in [3.05, 3.63) is 58.5 Å². The van der Waals surface area contributed by atoms with Crippen molar-refractivity contribution < 1.29 is 0 Å². The van der Waals surface area contributed by atoms with Crippen molar-refractivity contribution in [3.63, 3.8) is 0 Å². The quantitative estimate of drug-likeness (QED) is 0.852. The number of halogens is 2. The van der Waals surface area contributed by atoms with Crippen LogP contribution in [-0.4, -0.2) is 0 Å². The summed E-state index contributed by atoms with van der Waals surface area (Å²) in [6, 6.07) is 5.40. The van der Waals surface area contributed by atoms with Gasteiger partial charge in [0, 0.05) is 28.4 Å². The first-order valence-corrected chi connectivity index (χ1v) is 5.15. The second kappa shape index (κ2) is 5.69. The molecule has 0 heterocycles. The van der Waals surface area contributed by atoms with Crippen LogP contribution in [0.2, 0.25) is 10.0 Å². The molecule has 1 aromatic carbocycles. The summed E-state index contributed by atoms with van der Waals surface area (Å²) in [5.74, 6) is 0. The fraction of sp³-hybridized carbons (Fsp3) is 0.0909. The van der Waals surface area contributed by atoms with E-state index in [1.165, 1.54) is 6.20 Å². The lowest BCUT2D eigenvalue weighted by Crippen LogP contribution is -2.10. The zero-order valence-corrected chi connectivity index (χ0v) is 9.65. The fourth-order valence-corrected chi connectivity index (χ4v) is 1.71. The zero-order chi connectivity index (χ0) is 11.3. The average molecular weight is 243 g/mol. The molecular formula is C11H12Cl2N2. The summed E-state index contributed by atoms with van der Waals surface area (Å²) in [6.07, 6.45) is 3.59. The molecule has 1 rings (SSSR count). The molecule has 15 heavy (non-hydrogen) atoms. The van der Waals surface area contributed by atoms with Gasteiger partial charge in [0.05, 0.1) is 0 Å². The minimum Gasteiger partial charge on any atom is -0.403 e. The molecule has 0 radical (unpaired) electrons. The highest BCUT2D eigenvalue weighted by Crippen LogP contribution is 2.25. The Balaban J connectivity index is 2.93. The molecule has 0 atom stereocenters. The normalized spacial score (nSPS) is 11.2. The lowest BCUT2D eigenvalue weighted by molar-refractivity contribution is 0.962. The first-order chi connectivity index (χ1) is 7.19. The molecule has 0 saturated carbocycles. The molecule has 0 amide bonds. The lowest BCUT2D eigenvalue weighted by atomic mass is 10.1. The van der Waals surface area contributed by atoms with Gasteiger partial charge in [-0.3, -0.25) is 0 Å². The number of nitrogens with two attached hydrogens (primary N) is 1. The Labute approximate surface area is 99.4 Å². The van der Waals surface area contributed by atoms with Gasteiger partial charge in [-0.1, -0.05) is 35.8 Å². The van der Waals surface area contributed by atoms with Crippen molar-refractivity contribution in [2.45, 2.75) is 6.42 Å². The van der Waals surface area contributed by atoms with E-state index in [1.807, 2.05) is 0 Å². The Kier molecular flexibility index (Phi) is 4.53.